The van der Waals surface area contributed by atoms with E-state index in [1.807, 2.05) is 0 Å². The summed E-state index contributed by atoms with van der Waals surface area (Å²) in [6, 6.07) is 0. The predicted molar refractivity (Wildman–Crippen MR) is 87.3 cm³/mol. The second-order valence-electron chi connectivity index (χ2n) is 7.66. The average molecular weight is 294 g/mol. The highest BCUT2D eigenvalue weighted by molar-refractivity contribution is 5.67. The third-order valence-electron chi connectivity index (χ3n) is 6.13. The van der Waals surface area contributed by atoms with Crippen LogP contribution in [-0.2, 0) is 4.79 Å². The lowest BCUT2D eigenvalue weighted by Crippen LogP contribution is -2.26. The second-order valence-corrected chi connectivity index (χ2v) is 7.66. The van der Waals surface area contributed by atoms with Crippen molar-refractivity contribution in [2.75, 3.05) is 0 Å². The minimum absolute atomic E-state index is 0.400. The summed E-state index contributed by atoms with van der Waals surface area (Å²) in [7, 11) is 0. The van der Waals surface area contributed by atoms with Crippen LogP contribution in [0.25, 0.3) is 0 Å². The van der Waals surface area contributed by atoms with Crippen LogP contribution in [0, 0.1) is 23.7 Å². The molecule has 2 aliphatic carbocycles. The lowest BCUT2D eigenvalue weighted by molar-refractivity contribution is -0.138. The van der Waals surface area contributed by atoms with E-state index in [-0.39, 0.29) is 0 Å². The fraction of sp³-hybridized carbons (Fsp3) is 0.947. The van der Waals surface area contributed by atoms with Gasteiger partial charge in [0.05, 0.1) is 0 Å². The molecule has 2 saturated carbocycles. The van der Waals surface area contributed by atoms with E-state index in [1.165, 1.54) is 64.2 Å². The first-order chi connectivity index (χ1) is 10.2. The fourth-order valence-electron chi connectivity index (χ4n) is 4.74. The molecule has 0 unspecified atom stereocenters. The van der Waals surface area contributed by atoms with Crippen molar-refractivity contribution < 1.29 is 9.90 Å². The van der Waals surface area contributed by atoms with Crippen molar-refractivity contribution in [3.05, 3.63) is 0 Å². The standard InChI is InChI=1S/C19H34O2/c1-2-3-4-5-15-6-10-17(11-7-15)18-12-8-16(9-13-18)14-19(20)21/h15-18H,2-14H2,1H3,(H,20,21)/t15-,16?,17-,18?. The van der Waals surface area contributed by atoms with E-state index < -0.39 is 5.97 Å². The number of unbranched alkanes of at least 4 members (excludes halogenated alkanes) is 2. The molecule has 0 aromatic heterocycles. The molecule has 1 N–H and O–H groups in total. The summed E-state index contributed by atoms with van der Waals surface area (Å²) in [5.74, 6) is 2.73. The molecule has 2 heteroatoms. The summed E-state index contributed by atoms with van der Waals surface area (Å²) >= 11 is 0. The highest BCUT2D eigenvalue weighted by atomic mass is 16.4. The highest BCUT2D eigenvalue weighted by Crippen LogP contribution is 2.42. The SMILES string of the molecule is CCCCC[C@H]1CC[C@H](C2CCC(CC(=O)O)CC2)CC1. The fourth-order valence-corrected chi connectivity index (χ4v) is 4.74. The number of carboxylic acids is 1. The molecule has 0 atom stereocenters. The molecular formula is C19H34O2. The van der Waals surface area contributed by atoms with Gasteiger partial charge in [0, 0.05) is 6.42 Å². The predicted octanol–water partition coefficient (Wildman–Crippen LogP) is 5.65. The van der Waals surface area contributed by atoms with Gasteiger partial charge in [0.25, 0.3) is 0 Å². The zero-order valence-corrected chi connectivity index (χ0v) is 13.9. The normalized spacial score (nSPS) is 33.8. The largest absolute Gasteiger partial charge is 0.481 e. The third kappa shape index (κ3) is 5.64. The Morgan fingerprint density at radius 1 is 0.857 bits per heavy atom. The molecule has 0 aliphatic heterocycles. The van der Waals surface area contributed by atoms with Crippen molar-refractivity contribution in [3.63, 3.8) is 0 Å². The van der Waals surface area contributed by atoms with E-state index in [0.29, 0.717) is 12.3 Å². The van der Waals surface area contributed by atoms with E-state index in [0.717, 1.165) is 30.6 Å². The first-order valence-corrected chi connectivity index (χ1v) is 9.40. The summed E-state index contributed by atoms with van der Waals surface area (Å²) in [5.41, 5.74) is 0. The Kier molecular flexibility index (Phi) is 7.06. The van der Waals surface area contributed by atoms with Crippen molar-refractivity contribution in [1.29, 1.82) is 0 Å². The molecule has 122 valence electrons. The second kappa shape index (κ2) is 8.80. The van der Waals surface area contributed by atoms with E-state index in [9.17, 15) is 4.79 Å². The molecule has 2 aliphatic rings. The quantitative estimate of drug-likeness (QED) is 0.616. The van der Waals surface area contributed by atoms with Crippen LogP contribution < -0.4 is 0 Å². The Labute approximate surface area is 130 Å². The summed E-state index contributed by atoms with van der Waals surface area (Å²) in [4.78, 5) is 10.8. The number of carboxylic acid groups (broad SMARTS) is 1. The van der Waals surface area contributed by atoms with Crippen molar-refractivity contribution in [3.8, 4) is 0 Å². The number of carbonyl (C=O) groups is 1. The van der Waals surface area contributed by atoms with Crippen molar-refractivity contribution in [2.45, 2.75) is 90.4 Å². The zero-order valence-electron chi connectivity index (χ0n) is 13.9. The number of hydrogen-bond donors (Lipinski definition) is 1. The van der Waals surface area contributed by atoms with Crippen molar-refractivity contribution in [1.82, 2.24) is 0 Å². The van der Waals surface area contributed by atoms with Gasteiger partial charge in [-0.1, -0.05) is 45.4 Å². The number of aliphatic carboxylic acids is 1. The molecule has 0 radical (unpaired) electrons. The molecule has 0 amide bonds. The Morgan fingerprint density at radius 2 is 1.38 bits per heavy atom. The Bertz CT molecular complexity index is 297. The molecule has 2 fully saturated rings. The molecule has 2 nitrogen and oxygen atoms in total. The van der Waals surface area contributed by atoms with Gasteiger partial charge in [-0.05, 0) is 62.2 Å². The lowest BCUT2D eigenvalue weighted by Gasteiger charge is -2.37. The van der Waals surface area contributed by atoms with Crippen LogP contribution in [0.2, 0.25) is 0 Å². The van der Waals surface area contributed by atoms with Gasteiger partial charge >= 0.3 is 5.97 Å². The molecular weight excluding hydrogens is 260 g/mol. The molecule has 2 rings (SSSR count). The van der Waals surface area contributed by atoms with Crippen LogP contribution in [0.1, 0.15) is 90.4 Å². The molecule has 0 bridgehead atoms. The number of rotatable bonds is 7. The van der Waals surface area contributed by atoms with Crippen LogP contribution >= 0.6 is 0 Å². The van der Waals surface area contributed by atoms with Crippen LogP contribution in [0.5, 0.6) is 0 Å². The monoisotopic (exact) mass is 294 g/mol. The van der Waals surface area contributed by atoms with Gasteiger partial charge in [0.2, 0.25) is 0 Å². The van der Waals surface area contributed by atoms with Gasteiger partial charge in [0.15, 0.2) is 0 Å². The number of hydrogen-bond acceptors (Lipinski definition) is 1. The Hall–Kier alpha value is -0.530. The first-order valence-electron chi connectivity index (χ1n) is 9.40. The molecule has 0 saturated heterocycles. The molecule has 0 spiro atoms. The van der Waals surface area contributed by atoms with E-state index >= 15 is 0 Å². The van der Waals surface area contributed by atoms with Gasteiger partial charge in [0.1, 0.15) is 0 Å². The van der Waals surface area contributed by atoms with Gasteiger partial charge in [-0.15, -0.1) is 0 Å². The van der Waals surface area contributed by atoms with Crippen LogP contribution in [0.3, 0.4) is 0 Å². The van der Waals surface area contributed by atoms with Crippen LogP contribution in [-0.4, -0.2) is 11.1 Å². The maximum atomic E-state index is 10.8. The van der Waals surface area contributed by atoms with Gasteiger partial charge in [-0.2, -0.15) is 0 Å². The van der Waals surface area contributed by atoms with Crippen LogP contribution in [0.15, 0.2) is 0 Å². The lowest BCUT2D eigenvalue weighted by atomic mass is 9.68. The molecule has 0 aromatic rings. The van der Waals surface area contributed by atoms with E-state index in [4.69, 9.17) is 5.11 Å². The summed E-state index contributed by atoms with van der Waals surface area (Å²) in [6.07, 6.45) is 16.8. The average Bonchev–Trinajstić information content (AvgIpc) is 2.49. The van der Waals surface area contributed by atoms with Crippen LogP contribution in [0.4, 0.5) is 0 Å². The van der Waals surface area contributed by atoms with Crippen molar-refractivity contribution >= 4 is 5.97 Å². The minimum atomic E-state index is -0.606. The van der Waals surface area contributed by atoms with Gasteiger partial charge in [-0.25, -0.2) is 0 Å². The minimum Gasteiger partial charge on any atom is -0.481 e. The van der Waals surface area contributed by atoms with E-state index in [2.05, 4.69) is 6.92 Å². The van der Waals surface area contributed by atoms with E-state index in [1.54, 1.807) is 0 Å². The molecule has 0 aromatic carbocycles. The van der Waals surface area contributed by atoms with Gasteiger partial charge in [-0.3, -0.25) is 4.79 Å². The summed E-state index contributed by atoms with van der Waals surface area (Å²) < 4.78 is 0. The third-order valence-corrected chi connectivity index (χ3v) is 6.13. The topological polar surface area (TPSA) is 37.3 Å². The Morgan fingerprint density at radius 3 is 1.86 bits per heavy atom. The smallest absolute Gasteiger partial charge is 0.303 e. The highest BCUT2D eigenvalue weighted by Gasteiger charge is 2.31. The summed E-state index contributed by atoms with van der Waals surface area (Å²) in [6.45, 7) is 2.29. The van der Waals surface area contributed by atoms with Crippen molar-refractivity contribution in [2.24, 2.45) is 23.7 Å². The molecule has 21 heavy (non-hydrogen) atoms. The maximum absolute atomic E-state index is 10.8. The molecule has 0 heterocycles. The maximum Gasteiger partial charge on any atom is 0.303 e. The summed E-state index contributed by atoms with van der Waals surface area (Å²) in [5, 5.41) is 8.90. The zero-order chi connectivity index (χ0) is 15.1. The first kappa shape index (κ1) is 16.8. The van der Waals surface area contributed by atoms with Gasteiger partial charge < -0.3 is 5.11 Å². The Balaban J connectivity index is 1.63.